The van der Waals surface area contributed by atoms with Crippen molar-refractivity contribution < 1.29 is 17.2 Å². The second-order valence-corrected chi connectivity index (χ2v) is 2.66. The van der Waals surface area contributed by atoms with Crippen molar-refractivity contribution in [3.8, 4) is 0 Å². The molecule has 0 bridgehead atoms. The van der Waals surface area contributed by atoms with Gasteiger partial charge in [0, 0.05) is 0 Å². The van der Waals surface area contributed by atoms with E-state index in [9.17, 15) is 17.2 Å². The maximum absolute atomic E-state index is 11.2. The highest BCUT2D eigenvalue weighted by Gasteiger charge is 2.06. The molecule has 0 amide bonds. The third-order valence-electron chi connectivity index (χ3n) is 0.439. The summed E-state index contributed by atoms with van der Waals surface area (Å²) in [6.07, 6.45) is -2.71. The number of halogens is 2. The van der Waals surface area contributed by atoms with Crippen LogP contribution in [0.25, 0.3) is 0 Å². The molecule has 0 aliphatic carbocycles. The van der Waals surface area contributed by atoms with Gasteiger partial charge in [-0.25, -0.2) is 13.9 Å². The monoisotopic (exact) mass is 160 g/mol. The lowest BCUT2D eigenvalue weighted by atomic mass is 10.7. The largest absolute Gasteiger partial charge is 0.274 e. The first-order valence-corrected chi connectivity index (χ1v) is 3.52. The molecule has 0 unspecified atom stereocenters. The van der Waals surface area contributed by atoms with Gasteiger partial charge in [-0.15, -0.1) is 0 Å². The molecule has 0 aromatic heterocycles. The molecule has 0 saturated carbocycles. The predicted octanol–water partition coefficient (Wildman–Crippen LogP) is -0.955. The van der Waals surface area contributed by atoms with Gasteiger partial charge >= 0.3 is 0 Å². The van der Waals surface area contributed by atoms with Gasteiger partial charge < -0.3 is 0 Å². The molecule has 0 aromatic rings. The quantitative estimate of drug-likeness (QED) is 0.558. The highest BCUT2D eigenvalue weighted by molar-refractivity contribution is 7.87. The Morgan fingerprint density at radius 3 is 2.11 bits per heavy atom. The summed E-state index contributed by atoms with van der Waals surface area (Å²) < 4.78 is 43.5. The average Bonchev–Trinajstić information content (AvgIpc) is 1.59. The van der Waals surface area contributed by atoms with Gasteiger partial charge in [-0.3, -0.25) is 0 Å². The number of hydrogen-bond acceptors (Lipinski definition) is 2. The van der Waals surface area contributed by atoms with Gasteiger partial charge in [0.05, 0.1) is 6.54 Å². The topological polar surface area (TPSA) is 72.2 Å². The smallest absolute Gasteiger partial charge is 0.216 e. The Morgan fingerprint density at radius 2 is 2.00 bits per heavy atom. The Morgan fingerprint density at radius 1 is 1.56 bits per heavy atom. The minimum absolute atomic E-state index is 0.932. The van der Waals surface area contributed by atoms with Crippen molar-refractivity contribution in [3.05, 3.63) is 0 Å². The van der Waals surface area contributed by atoms with Crippen molar-refractivity contribution in [2.75, 3.05) is 6.54 Å². The summed E-state index contributed by atoms with van der Waals surface area (Å²) in [5, 5.41) is 4.31. The Bertz CT molecular complexity index is 165. The van der Waals surface area contributed by atoms with E-state index in [0.29, 0.717) is 0 Å². The first kappa shape index (κ1) is 8.73. The van der Waals surface area contributed by atoms with E-state index in [4.69, 9.17) is 0 Å². The van der Waals surface area contributed by atoms with Crippen LogP contribution in [0.5, 0.6) is 0 Å². The normalized spacial score (nSPS) is 12.4. The van der Waals surface area contributed by atoms with Crippen LogP contribution in [0.1, 0.15) is 0 Å². The third-order valence-corrected chi connectivity index (χ3v) is 1.01. The van der Waals surface area contributed by atoms with E-state index in [1.54, 1.807) is 0 Å². The van der Waals surface area contributed by atoms with Gasteiger partial charge in [-0.1, -0.05) is 0 Å². The fraction of sp³-hybridized carbons (Fsp3) is 1.00. The van der Waals surface area contributed by atoms with Crippen LogP contribution in [0.2, 0.25) is 0 Å². The molecule has 4 nitrogen and oxygen atoms in total. The molecule has 0 heterocycles. The lowest BCUT2D eigenvalue weighted by Gasteiger charge is -1.97. The molecule has 3 N–H and O–H groups in total. The molecule has 0 aliphatic heterocycles. The van der Waals surface area contributed by atoms with Crippen molar-refractivity contribution in [1.29, 1.82) is 0 Å². The van der Waals surface area contributed by atoms with Crippen molar-refractivity contribution >= 4 is 10.2 Å². The highest BCUT2D eigenvalue weighted by atomic mass is 32.2. The van der Waals surface area contributed by atoms with Crippen LogP contribution < -0.4 is 9.86 Å². The van der Waals surface area contributed by atoms with Crippen molar-refractivity contribution in [2.24, 2.45) is 5.14 Å². The highest BCUT2D eigenvalue weighted by Crippen LogP contribution is 1.87. The standard InChI is InChI=1S/C2H6F2N2O2S/c3-2(4)1-6-9(5,7)8/h2,6H,1H2,(H2,5,7,8). The molecule has 9 heavy (non-hydrogen) atoms. The maximum Gasteiger partial charge on any atom is 0.274 e. The number of alkyl halides is 2. The average molecular weight is 160 g/mol. The zero-order valence-electron chi connectivity index (χ0n) is 4.34. The van der Waals surface area contributed by atoms with Crippen molar-refractivity contribution in [1.82, 2.24) is 4.72 Å². The maximum atomic E-state index is 11.2. The first-order chi connectivity index (χ1) is 3.92. The van der Waals surface area contributed by atoms with Crippen LogP contribution >= 0.6 is 0 Å². The Kier molecular flexibility index (Phi) is 2.95. The van der Waals surface area contributed by atoms with Gasteiger partial charge in [-0.05, 0) is 0 Å². The second-order valence-electron chi connectivity index (χ2n) is 1.28. The van der Waals surface area contributed by atoms with Crippen LogP contribution in [-0.2, 0) is 10.2 Å². The van der Waals surface area contributed by atoms with E-state index in [-0.39, 0.29) is 0 Å². The summed E-state index contributed by atoms with van der Waals surface area (Å²) in [6.45, 7) is -0.932. The number of nitrogens with one attached hydrogen (secondary N) is 1. The van der Waals surface area contributed by atoms with Crippen molar-refractivity contribution in [2.45, 2.75) is 6.43 Å². The van der Waals surface area contributed by atoms with E-state index < -0.39 is 23.2 Å². The van der Waals surface area contributed by atoms with Gasteiger partial charge in [0.25, 0.3) is 16.6 Å². The van der Waals surface area contributed by atoms with Crippen LogP contribution in [0.4, 0.5) is 8.78 Å². The van der Waals surface area contributed by atoms with Crippen LogP contribution in [-0.4, -0.2) is 21.4 Å². The van der Waals surface area contributed by atoms with Crippen LogP contribution in [0.15, 0.2) is 0 Å². The van der Waals surface area contributed by atoms with E-state index in [1.165, 1.54) is 4.72 Å². The molecule has 0 aromatic carbocycles. The van der Waals surface area contributed by atoms with E-state index >= 15 is 0 Å². The Balaban J connectivity index is 3.53. The SMILES string of the molecule is NS(=O)(=O)NCC(F)F. The molecule has 0 saturated heterocycles. The summed E-state index contributed by atoms with van der Waals surface area (Å²) in [4.78, 5) is 0. The molecular weight excluding hydrogens is 154 g/mol. The van der Waals surface area contributed by atoms with Gasteiger partial charge in [0.15, 0.2) is 0 Å². The lowest BCUT2D eigenvalue weighted by Crippen LogP contribution is -2.34. The molecule has 0 radical (unpaired) electrons. The zero-order valence-corrected chi connectivity index (χ0v) is 5.16. The first-order valence-electron chi connectivity index (χ1n) is 1.97. The Labute approximate surface area is 51.2 Å². The summed E-state index contributed by atoms with van der Waals surface area (Å²) in [7, 11) is -3.95. The number of nitrogens with two attached hydrogens (primary N) is 1. The number of rotatable bonds is 3. The summed E-state index contributed by atoms with van der Waals surface area (Å²) in [6, 6.07) is 0. The van der Waals surface area contributed by atoms with Crippen LogP contribution in [0, 0.1) is 0 Å². The molecule has 0 fully saturated rings. The fourth-order valence-electron chi connectivity index (χ4n) is 0.179. The summed E-state index contributed by atoms with van der Waals surface area (Å²) in [5.41, 5.74) is 0. The third kappa shape index (κ3) is 7.73. The molecule has 0 spiro atoms. The lowest BCUT2D eigenvalue weighted by molar-refractivity contribution is 0.153. The van der Waals surface area contributed by atoms with Gasteiger partial charge in [0.1, 0.15) is 0 Å². The van der Waals surface area contributed by atoms with E-state index in [2.05, 4.69) is 5.14 Å². The summed E-state index contributed by atoms with van der Waals surface area (Å²) in [5.74, 6) is 0. The van der Waals surface area contributed by atoms with Gasteiger partial charge in [-0.2, -0.15) is 13.1 Å². The van der Waals surface area contributed by atoms with E-state index in [1.807, 2.05) is 0 Å². The number of hydrogen-bond donors (Lipinski definition) is 2. The molecule has 56 valence electrons. The van der Waals surface area contributed by atoms with Gasteiger partial charge in [0.2, 0.25) is 0 Å². The van der Waals surface area contributed by atoms with Crippen molar-refractivity contribution in [3.63, 3.8) is 0 Å². The summed E-state index contributed by atoms with van der Waals surface area (Å²) >= 11 is 0. The zero-order chi connectivity index (χ0) is 7.49. The predicted molar refractivity (Wildman–Crippen MR) is 27.1 cm³/mol. The fourth-order valence-corrected chi connectivity index (χ4v) is 0.537. The second kappa shape index (κ2) is 3.04. The Hall–Kier alpha value is -0.270. The molecule has 0 atom stereocenters. The van der Waals surface area contributed by atoms with Crippen LogP contribution in [0.3, 0.4) is 0 Å². The molecular formula is C2H6F2N2O2S. The van der Waals surface area contributed by atoms with E-state index in [0.717, 1.165) is 0 Å². The minimum atomic E-state index is -3.95. The molecule has 7 heteroatoms. The molecule has 0 aliphatic rings. The minimum Gasteiger partial charge on any atom is -0.216 e. The molecule has 0 rings (SSSR count).